The lowest BCUT2D eigenvalue weighted by molar-refractivity contribution is -0.157. The largest absolute Gasteiger partial charge is 0.406 e. The zero-order chi connectivity index (χ0) is 15.3. The Balaban J connectivity index is 2.53. The number of nitrogens with zero attached hydrogens (tertiary/aromatic N) is 1. The van der Waals surface area contributed by atoms with Gasteiger partial charge in [-0.1, -0.05) is 12.1 Å². The van der Waals surface area contributed by atoms with Crippen molar-refractivity contribution in [2.45, 2.75) is 6.18 Å². The van der Waals surface area contributed by atoms with Crippen LogP contribution in [0, 0.1) is 5.82 Å². The third-order valence-electron chi connectivity index (χ3n) is 2.36. The predicted molar refractivity (Wildman–Crippen MR) is 62.4 cm³/mol. The lowest BCUT2D eigenvalue weighted by Crippen LogP contribution is -2.42. The van der Waals surface area contributed by atoms with Crippen molar-refractivity contribution in [3.8, 4) is 0 Å². The van der Waals surface area contributed by atoms with Crippen LogP contribution in [0.15, 0.2) is 24.3 Å². The SMILES string of the molecule is CN(CC(F)(F)F)C(=O)CNC(=O)c1ccccc1F. The monoisotopic (exact) mass is 292 g/mol. The summed E-state index contributed by atoms with van der Waals surface area (Å²) in [4.78, 5) is 23.3. The van der Waals surface area contributed by atoms with Crippen LogP contribution in [0.4, 0.5) is 17.6 Å². The van der Waals surface area contributed by atoms with Gasteiger partial charge in [0.05, 0.1) is 12.1 Å². The number of amides is 2. The smallest absolute Gasteiger partial charge is 0.343 e. The minimum Gasteiger partial charge on any atom is -0.343 e. The Labute approximate surface area is 112 Å². The van der Waals surface area contributed by atoms with Gasteiger partial charge in [-0.2, -0.15) is 13.2 Å². The molecule has 8 heteroatoms. The van der Waals surface area contributed by atoms with E-state index in [1.807, 2.05) is 0 Å². The number of rotatable bonds is 4. The topological polar surface area (TPSA) is 49.4 Å². The van der Waals surface area contributed by atoms with E-state index in [1.54, 1.807) is 0 Å². The molecule has 1 aromatic rings. The van der Waals surface area contributed by atoms with Crippen molar-refractivity contribution in [1.29, 1.82) is 0 Å². The van der Waals surface area contributed by atoms with E-state index in [2.05, 4.69) is 5.32 Å². The fraction of sp³-hybridized carbons (Fsp3) is 0.333. The van der Waals surface area contributed by atoms with E-state index in [0.29, 0.717) is 4.90 Å². The highest BCUT2D eigenvalue weighted by atomic mass is 19.4. The van der Waals surface area contributed by atoms with Crippen molar-refractivity contribution >= 4 is 11.8 Å². The summed E-state index contributed by atoms with van der Waals surface area (Å²) in [5, 5.41) is 2.07. The van der Waals surface area contributed by atoms with Gasteiger partial charge >= 0.3 is 6.18 Å². The van der Waals surface area contributed by atoms with Gasteiger partial charge in [-0.05, 0) is 12.1 Å². The van der Waals surface area contributed by atoms with Crippen LogP contribution < -0.4 is 5.32 Å². The van der Waals surface area contributed by atoms with Crippen molar-refractivity contribution in [1.82, 2.24) is 10.2 Å². The molecule has 0 fully saturated rings. The molecule has 0 unspecified atom stereocenters. The second-order valence-electron chi connectivity index (χ2n) is 4.03. The third-order valence-corrected chi connectivity index (χ3v) is 2.36. The Morgan fingerprint density at radius 3 is 2.40 bits per heavy atom. The quantitative estimate of drug-likeness (QED) is 0.857. The van der Waals surface area contributed by atoms with E-state index in [9.17, 15) is 27.2 Å². The molecule has 0 saturated heterocycles. The molecule has 0 bridgehead atoms. The van der Waals surface area contributed by atoms with E-state index in [0.717, 1.165) is 13.1 Å². The summed E-state index contributed by atoms with van der Waals surface area (Å²) >= 11 is 0. The van der Waals surface area contributed by atoms with Gasteiger partial charge in [0.25, 0.3) is 5.91 Å². The second-order valence-corrected chi connectivity index (χ2v) is 4.03. The molecular weight excluding hydrogens is 280 g/mol. The maximum absolute atomic E-state index is 13.2. The first kappa shape index (κ1) is 15.9. The molecule has 0 spiro atoms. The average Bonchev–Trinajstić information content (AvgIpc) is 2.34. The Morgan fingerprint density at radius 1 is 1.25 bits per heavy atom. The van der Waals surface area contributed by atoms with Crippen molar-refractivity contribution in [3.05, 3.63) is 35.6 Å². The summed E-state index contributed by atoms with van der Waals surface area (Å²) in [6.45, 7) is -2.05. The maximum atomic E-state index is 13.2. The zero-order valence-corrected chi connectivity index (χ0v) is 10.5. The van der Waals surface area contributed by atoms with Crippen LogP contribution in [-0.2, 0) is 4.79 Å². The molecule has 2 amide bonds. The first-order valence-electron chi connectivity index (χ1n) is 5.54. The molecule has 1 rings (SSSR count). The number of carbonyl (C=O) groups is 2. The van der Waals surface area contributed by atoms with Gasteiger partial charge in [-0.25, -0.2) is 4.39 Å². The fourth-order valence-electron chi connectivity index (χ4n) is 1.39. The number of halogens is 4. The lowest BCUT2D eigenvalue weighted by atomic mass is 10.2. The second kappa shape index (κ2) is 6.36. The molecule has 0 saturated carbocycles. The fourth-order valence-corrected chi connectivity index (χ4v) is 1.39. The van der Waals surface area contributed by atoms with Crippen molar-refractivity contribution in [2.24, 2.45) is 0 Å². The van der Waals surface area contributed by atoms with Gasteiger partial charge in [0.15, 0.2) is 0 Å². The first-order chi connectivity index (χ1) is 9.20. The van der Waals surface area contributed by atoms with Crippen LogP contribution in [0.5, 0.6) is 0 Å². The van der Waals surface area contributed by atoms with Crippen molar-refractivity contribution in [2.75, 3.05) is 20.1 Å². The van der Waals surface area contributed by atoms with Gasteiger partial charge in [0, 0.05) is 7.05 Å². The number of nitrogens with one attached hydrogen (secondary N) is 1. The molecule has 0 aliphatic rings. The van der Waals surface area contributed by atoms with Gasteiger partial charge < -0.3 is 10.2 Å². The van der Waals surface area contributed by atoms with Crippen LogP contribution in [0.3, 0.4) is 0 Å². The number of likely N-dealkylation sites (N-methyl/N-ethyl adjacent to an activating group) is 1. The Bertz CT molecular complexity index is 502. The molecule has 0 aliphatic carbocycles. The van der Waals surface area contributed by atoms with Gasteiger partial charge in [-0.3, -0.25) is 9.59 Å². The van der Waals surface area contributed by atoms with Crippen LogP contribution in [-0.4, -0.2) is 43.0 Å². The van der Waals surface area contributed by atoms with Crippen molar-refractivity contribution < 1.29 is 27.2 Å². The number of hydrogen-bond donors (Lipinski definition) is 1. The normalized spacial score (nSPS) is 11.1. The molecule has 1 N–H and O–H groups in total. The Morgan fingerprint density at radius 2 is 1.85 bits per heavy atom. The molecule has 20 heavy (non-hydrogen) atoms. The van der Waals surface area contributed by atoms with Crippen molar-refractivity contribution in [3.63, 3.8) is 0 Å². The molecule has 0 aliphatic heterocycles. The van der Waals surface area contributed by atoms with E-state index in [1.165, 1.54) is 18.2 Å². The summed E-state index contributed by atoms with van der Waals surface area (Å²) in [6, 6.07) is 5.07. The Hall–Kier alpha value is -2.12. The summed E-state index contributed by atoms with van der Waals surface area (Å²) in [6.07, 6.45) is -4.51. The highest BCUT2D eigenvalue weighted by Crippen LogP contribution is 2.15. The highest BCUT2D eigenvalue weighted by Gasteiger charge is 2.31. The first-order valence-corrected chi connectivity index (χ1v) is 5.54. The highest BCUT2D eigenvalue weighted by molar-refractivity contribution is 5.96. The molecular formula is C12H12F4N2O2. The molecule has 110 valence electrons. The minimum atomic E-state index is -4.51. The molecule has 0 heterocycles. The summed E-state index contributed by atoms with van der Waals surface area (Å²) < 4.78 is 49.4. The Kier molecular flexibility index (Phi) is 5.06. The molecule has 4 nitrogen and oxygen atoms in total. The standard InChI is InChI=1S/C12H12F4N2O2/c1-18(7-12(14,15)16)10(19)6-17-11(20)8-4-2-3-5-9(8)13/h2-5H,6-7H2,1H3,(H,17,20). The van der Waals surface area contributed by atoms with Gasteiger partial charge in [0.1, 0.15) is 12.4 Å². The number of benzene rings is 1. The summed E-state index contributed by atoms with van der Waals surface area (Å²) in [5.74, 6) is -2.56. The number of hydrogen-bond acceptors (Lipinski definition) is 2. The molecule has 1 aromatic carbocycles. The lowest BCUT2D eigenvalue weighted by Gasteiger charge is -2.19. The van der Waals surface area contributed by atoms with Gasteiger partial charge in [-0.15, -0.1) is 0 Å². The number of carbonyl (C=O) groups excluding carboxylic acids is 2. The van der Waals surface area contributed by atoms with Crippen LogP contribution in [0.2, 0.25) is 0 Å². The third kappa shape index (κ3) is 4.87. The van der Waals surface area contributed by atoms with E-state index >= 15 is 0 Å². The van der Waals surface area contributed by atoms with E-state index in [-0.39, 0.29) is 5.56 Å². The van der Waals surface area contributed by atoms with Crippen LogP contribution in [0.1, 0.15) is 10.4 Å². The molecule has 0 aromatic heterocycles. The number of alkyl halides is 3. The molecule has 0 atom stereocenters. The molecule has 0 radical (unpaired) electrons. The van der Waals surface area contributed by atoms with Crippen LogP contribution in [0.25, 0.3) is 0 Å². The maximum Gasteiger partial charge on any atom is 0.406 e. The zero-order valence-electron chi connectivity index (χ0n) is 10.5. The minimum absolute atomic E-state index is 0.279. The van der Waals surface area contributed by atoms with E-state index in [4.69, 9.17) is 0 Å². The van der Waals surface area contributed by atoms with E-state index < -0.39 is 36.9 Å². The van der Waals surface area contributed by atoms with Crippen LogP contribution >= 0.6 is 0 Å². The summed E-state index contributed by atoms with van der Waals surface area (Å²) in [7, 11) is 0.963. The average molecular weight is 292 g/mol. The predicted octanol–water partition coefficient (Wildman–Crippen LogP) is 1.58. The van der Waals surface area contributed by atoms with Gasteiger partial charge in [0.2, 0.25) is 5.91 Å². The summed E-state index contributed by atoms with van der Waals surface area (Å²) in [5.41, 5.74) is -0.279.